The van der Waals surface area contributed by atoms with Crippen molar-refractivity contribution in [2.75, 3.05) is 38.6 Å². The first-order valence-corrected chi connectivity index (χ1v) is 10.1. The molecular formula is C23H32ClN5. The Bertz CT molecular complexity index is 1040. The van der Waals surface area contributed by atoms with Crippen molar-refractivity contribution in [3.05, 3.63) is 45.8 Å². The number of benzene rings is 1. The van der Waals surface area contributed by atoms with Gasteiger partial charge in [-0.05, 0) is 71.8 Å². The highest BCUT2D eigenvalue weighted by Crippen LogP contribution is 2.38. The zero-order valence-corrected chi connectivity index (χ0v) is 19.4. The largest absolute Gasteiger partial charge is 0.355 e. The molecule has 0 N–H and O–H groups in total. The predicted octanol–water partition coefficient (Wildman–Crippen LogP) is 4.28. The maximum Gasteiger partial charge on any atom is 0.165 e. The number of nitrogens with zero attached hydrogens (tertiary/aromatic N) is 5. The molecule has 0 aliphatic carbocycles. The highest BCUT2D eigenvalue weighted by atomic mass is 35.5. The number of fused-ring (bicyclic) bond motifs is 3. The van der Waals surface area contributed by atoms with Crippen LogP contribution in [0, 0.1) is 34.6 Å². The van der Waals surface area contributed by atoms with Gasteiger partial charge in [-0.3, -0.25) is 0 Å². The van der Waals surface area contributed by atoms with Crippen molar-refractivity contribution in [3.8, 4) is 11.1 Å². The van der Waals surface area contributed by atoms with Crippen LogP contribution in [-0.4, -0.2) is 53.2 Å². The molecule has 0 bridgehead atoms. The van der Waals surface area contributed by atoms with Crippen LogP contribution in [0.25, 0.3) is 16.8 Å². The van der Waals surface area contributed by atoms with Crippen molar-refractivity contribution in [2.45, 2.75) is 41.0 Å². The first-order chi connectivity index (χ1) is 13.3. The van der Waals surface area contributed by atoms with Gasteiger partial charge in [0, 0.05) is 30.9 Å². The number of anilines is 1. The van der Waals surface area contributed by atoms with E-state index in [0.717, 1.165) is 43.1 Å². The molecule has 1 aromatic carbocycles. The summed E-state index contributed by atoms with van der Waals surface area (Å²) in [6, 6.07) is 4.52. The van der Waals surface area contributed by atoms with Crippen LogP contribution in [-0.2, 0) is 6.42 Å². The van der Waals surface area contributed by atoms with E-state index in [9.17, 15) is 0 Å². The van der Waals surface area contributed by atoms with Crippen LogP contribution in [0.5, 0.6) is 0 Å². The molecule has 156 valence electrons. The van der Waals surface area contributed by atoms with Gasteiger partial charge in [0.25, 0.3) is 0 Å². The lowest BCUT2D eigenvalue weighted by molar-refractivity contribution is 0.414. The summed E-state index contributed by atoms with van der Waals surface area (Å²) >= 11 is 0. The molecule has 0 radical (unpaired) electrons. The maximum absolute atomic E-state index is 5.04. The lowest BCUT2D eigenvalue weighted by atomic mass is 9.94. The molecule has 2 aromatic heterocycles. The number of aryl methyl sites for hydroxylation is 5. The van der Waals surface area contributed by atoms with Gasteiger partial charge in [-0.1, -0.05) is 17.7 Å². The molecule has 0 fully saturated rings. The second-order valence-electron chi connectivity index (χ2n) is 8.51. The molecular weight excluding hydrogens is 382 g/mol. The van der Waals surface area contributed by atoms with Gasteiger partial charge in [-0.15, -0.1) is 12.4 Å². The summed E-state index contributed by atoms with van der Waals surface area (Å²) in [5, 5.41) is 4.98. The van der Waals surface area contributed by atoms with E-state index in [1.807, 2.05) is 0 Å². The number of likely N-dealkylation sites (N-methyl/N-ethyl adjacent to an activating group) is 1. The fourth-order valence-electron chi connectivity index (χ4n) is 4.66. The molecule has 0 atom stereocenters. The summed E-state index contributed by atoms with van der Waals surface area (Å²) in [6.07, 6.45) is 1.05. The van der Waals surface area contributed by atoms with Gasteiger partial charge < -0.3 is 9.80 Å². The third-order valence-corrected chi connectivity index (χ3v) is 5.89. The summed E-state index contributed by atoms with van der Waals surface area (Å²) in [6.45, 7) is 13.9. The standard InChI is InChI=1S/C23H31N5.ClH/c1-14-12-15(2)20(16(3)13-14)21-18(5)25-28-22(21)24-17(4)19-8-9-27(23(19)28)11-10-26(6)7;/h12-13H,8-11H2,1-7H3;1H. The van der Waals surface area contributed by atoms with Crippen molar-refractivity contribution in [1.29, 1.82) is 0 Å². The third kappa shape index (κ3) is 3.62. The molecule has 0 saturated heterocycles. The Labute approximate surface area is 180 Å². The Morgan fingerprint density at radius 2 is 1.62 bits per heavy atom. The summed E-state index contributed by atoms with van der Waals surface area (Å²) < 4.78 is 2.11. The number of aromatic nitrogens is 3. The van der Waals surface area contributed by atoms with Gasteiger partial charge >= 0.3 is 0 Å². The van der Waals surface area contributed by atoms with Gasteiger partial charge in [0.15, 0.2) is 5.65 Å². The zero-order valence-electron chi connectivity index (χ0n) is 18.6. The van der Waals surface area contributed by atoms with Crippen molar-refractivity contribution >= 4 is 23.9 Å². The smallest absolute Gasteiger partial charge is 0.165 e. The highest BCUT2D eigenvalue weighted by Gasteiger charge is 2.28. The van der Waals surface area contributed by atoms with Crippen LogP contribution in [0.4, 0.5) is 5.82 Å². The Balaban J connectivity index is 0.00000240. The van der Waals surface area contributed by atoms with Gasteiger partial charge in [0.05, 0.1) is 11.3 Å². The molecule has 4 rings (SSSR count). The summed E-state index contributed by atoms with van der Waals surface area (Å²) in [4.78, 5) is 9.75. The molecule has 1 aliphatic rings. The number of hydrogen-bond acceptors (Lipinski definition) is 4. The quantitative estimate of drug-likeness (QED) is 0.639. The van der Waals surface area contributed by atoms with Crippen LogP contribution in [0.3, 0.4) is 0 Å². The van der Waals surface area contributed by atoms with Crippen LogP contribution in [0.1, 0.15) is 33.6 Å². The first-order valence-electron chi connectivity index (χ1n) is 10.1. The zero-order chi connectivity index (χ0) is 20.2. The van der Waals surface area contributed by atoms with Crippen molar-refractivity contribution in [3.63, 3.8) is 0 Å². The minimum absolute atomic E-state index is 0. The molecule has 3 heterocycles. The van der Waals surface area contributed by atoms with E-state index in [0.29, 0.717) is 0 Å². The molecule has 5 nitrogen and oxygen atoms in total. The highest BCUT2D eigenvalue weighted by molar-refractivity contribution is 5.86. The SMILES string of the molecule is Cc1cc(C)c(-c2c(C)nn3c4c(c(C)nc23)CCN4CCN(C)C)c(C)c1.Cl. The van der Waals surface area contributed by atoms with Crippen LogP contribution in [0.15, 0.2) is 12.1 Å². The molecule has 0 saturated carbocycles. The second-order valence-corrected chi connectivity index (χ2v) is 8.51. The second kappa shape index (κ2) is 7.96. The normalized spacial score (nSPS) is 13.3. The van der Waals surface area contributed by atoms with Gasteiger partial charge in [-0.2, -0.15) is 9.61 Å². The van der Waals surface area contributed by atoms with Crippen molar-refractivity contribution in [1.82, 2.24) is 19.5 Å². The van der Waals surface area contributed by atoms with E-state index >= 15 is 0 Å². The van der Waals surface area contributed by atoms with E-state index < -0.39 is 0 Å². The Morgan fingerprint density at radius 1 is 0.966 bits per heavy atom. The lowest BCUT2D eigenvalue weighted by Gasteiger charge is -2.22. The molecule has 6 heteroatoms. The van der Waals surface area contributed by atoms with E-state index in [4.69, 9.17) is 10.1 Å². The molecule has 29 heavy (non-hydrogen) atoms. The summed E-state index contributed by atoms with van der Waals surface area (Å²) in [5.41, 5.74) is 10.9. The number of rotatable bonds is 4. The minimum Gasteiger partial charge on any atom is -0.355 e. The Kier molecular flexibility index (Phi) is 5.93. The summed E-state index contributed by atoms with van der Waals surface area (Å²) in [5.74, 6) is 1.24. The van der Waals surface area contributed by atoms with E-state index in [1.165, 1.54) is 39.2 Å². The monoisotopic (exact) mass is 413 g/mol. The van der Waals surface area contributed by atoms with Gasteiger partial charge in [0.1, 0.15) is 5.82 Å². The minimum atomic E-state index is 0. The summed E-state index contributed by atoms with van der Waals surface area (Å²) in [7, 11) is 4.26. The Hall–Kier alpha value is -2.11. The fraction of sp³-hybridized carbons (Fsp3) is 0.478. The van der Waals surface area contributed by atoms with Crippen LogP contribution in [0.2, 0.25) is 0 Å². The molecule has 0 amide bonds. The fourth-order valence-corrected chi connectivity index (χ4v) is 4.66. The topological polar surface area (TPSA) is 36.7 Å². The molecule has 1 aliphatic heterocycles. The first kappa shape index (κ1) is 21.6. The van der Waals surface area contributed by atoms with E-state index in [2.05, 4.69) is 75.2 Å². The van der Waals surface area contributed by atoms with Crippen LogP contribution >= 0.6 is 12.4 Å². The third-order valence-electron chi connectivity index (χ3n) is 5.89. The van der Waals surface area contributed by atoms with Crippen molar-refractivity contribution < 1.29 is 0 Å². The molecule has 0 spiro atoms. The van der Waals surface area contributed by atoms with E-state index in [-0.39, 0.29) is 12.4 Å². The van der Waals surface area contributed by atoms with Gasteiger partial charge in [-0.25, -0.2) is 4.98 Å². The average molecular weight is 414 g/mol. The Morgan fingerprint density at radius 3 is 2.24 bits per heavy atom. The number of hydrogen-bond donors (Lipinski definition) is 0. The van der Waals surface area contributed by atoms with Crippen LogP contribution < -0.4 is 4.90 Å². The van der Waals surface area contributed by atoms with Crippen molar-refractivity contribution in [2.24, 2.45) is 0 Å². The maximum atomic E-state index is 5.04. The molecule has 3 aromatic rings. The molecule has 0 unspecified atom stereocenters. The van der Waals surface area contributed by atoms with E-state index in [1.54, 1.807) is 0 Å². The van der Waals surface area contributed by atoms with Gasteiger partial charge in [0.2, 0.25) is 0 Å². The predicted molar refractivity (Wildman–Crippen MR) is 124 cm³/mol. The number of halogens is 1. The average Bonchev–Trinajstić information content (AvgIpc) is 3.15. The lowest BCUT2D eigenvalue weighted by Crippen LogP contribution is -2.31.